The molecule has 3 aromatic carbocycles. The van der Waals surface area contributed by atoms with Crippen LogP contribution in [0.3, 0.4) is 0 Å². The van der Waals surface area contributed by atoms with Gasteiger partial charge in [-0.25, -0.2) is 4.98 Å². The molecule has 0 saturated carbocycles. The third kappa shape index (κ3) is 6.72. The lowest BCUT2D eigenvalue weighted by Gasteiger charge is -2.40. The molecule has 0 radical (unpaired) electrons. The van der Waals surface area contributed by atoms with Crippen molar-refractivity contribution < 1.29 is 14.5 Å². The number of nitro benzene ring substituents is 1. The number of thioether (sulfide) groups is 1. The van der Waals surface area contributed by atoms with E-state index in [1.54, 1.807) is 9.80 Å². The third-order valence-corrected chi connectivity index (χ3v) is 9.77. The van der Waals surface area contributed by atoms with Crippen LogP contribution >= 0.6 is 39.3 Å². The van der Waals surface area contributed by atoms with Gasteiger partial charge in [0.15, 0.2) is 5.65 Å². The molecule has 0 bridgehead atoms. The molecule has 1 aliphatic rings. The van der Waals surface area contributed by atoms with Crippen LogP contribution in [-0.4, -0.2) is 77.7 Å². The second kappa shape index (κ2) is 13.7. The lowest BCUT2D eigenvalue weighted by atomic mass is 10.1. The molecule has 1 aliphatic heterocycles. The summed E-state index contributed by atoms with van der Waals surface area (Å²) in [5.41, 5.74) is 3.75. The molecule has 3 heterocycles. The Morgan fingerprint density at radius 1 is 1.09 bits per heavy atom. The summed E-state index contributed by atoms with van der Waals surface area (Å²) in [5, 5.41) is 21.5. The molecule has 2 aromatic heterocycles. The highest BCUT2D eigenvalue weighted by Crippen LogP contribution is 2.29. The topological polar surface area (TPSA) is 127 Å². The van der Waals surface area contributed by atoms with E-state index in [0.29, 0.717) is 49.9 Å². The van der Waals surface area contributed by atoms with Gasteiger partial charge in [-0.3, -0.25) is 19.7 Å². The van der Waals surface area contributed by atoms with Gasteiger partial charge >= 0.3 is 0 Å². The zero-order valence-electron chi connectivity index (χ0n) is 24.8. The molecule has 236 valence electrons. The molecule has 1 unspecified atom stereocenters. The van der Waals surface area contributed by atoms with Gasteiger partial charge in [0.25, 0.3) is 11.6 Å². The fourth-order valence-electron chi connectivity index (χ4n) is 5.66. The number of amides is 2. The number of carbonyl (C=O) groups excluding carboxylic acids is 2. The van der Waals surface area contributed by atoms with E-state index in [4.69, 9.17) is 16.6 Å². The zero-order valence-corrected chi connectivity index (χ0v) is 28.0. The van der Waals surface area contributed by atoms with Crippen molar-refractivity contribution in [2.24, 2.45) is 0 Å². The van der Waals surface area contributed by atoms with E-state index < -0.39 is 4.92 Å². The van der Waals surface area contributed by atoms with Crippen molar-refractivity contribution in [3.8, 4) is 0 Å². The average molecular weight is 723 g/mol. The van der Waals surface area contributed by atoms with Gasteiger partial charge in [-0.1, -0.05) is 69.6 Å². The number of rotatable bonds is 9. The lowest BCUT2D eigenvalue weighted by Crippen LogP contribution is -2.55. The maximum atomic E-state index is 13.1. The van der Waals surface area contributed by atoms with Crippen LogP contribution in [0.5, 0.6) is 0 Å². The van der Waals surface area contributed by atoms with Gasteiger partial charge in [-0.2, -0.15) is 0 Å². The average Bonchev–Trinajstić information content (AvgIpc) is 3.36. The van der Waals surface area contributed by atoms with Crippen LogP contribution in [0.2, 0.25) is 5.02 Å². The number of carbonyl (C=O) groups is 2. The molecule has 46 heavy (non-hydrogen) atoms. The molecule has 2 amide bonds. The standard InChI is InChI=1S/C32H29BrClN7O4S/c1-20-18-38(14-15-39(20)31(43)24-13-12-23(41(44)45)17-26(24)34)28(42)7-4-16-46-32-35-30-29(36-37-32)25-5-2-3-6-27(25)40(30)19-21-8-10-22(33)11-9-21/h2-3,5-6,8-13,17,20H,4,7,14-16,18-19H2,1H3. The number of non-ortho nitro benzene ring substituents is 1. The number of nitro groups is 1. The van der Waals surface area contributed by atoms with E-state index in [1.165, 1.54) is 30.0 Å². The largest absolute Gasteiger partial charge is 0.339 e. The van der Waals surface area contributed by atoms with Gasteiger partial charge in [0, 0.05) is 66.4 Å². The van der Waals surface area contributed by atoms with Crippen molar-refractivity contribution in [3.05, 3.63) is 97.5 Å². The summed E-state index contributed by atoms with van der Waals surface area (Å²) >= 11 is 11.2. The van der Waals surface area contributed by atoms with E-state index in [0.717, 1.165) is 32.1 Å². The summed E-state index contributed by atoms with van der Waals surface area (Å²) in [4.78, 5) is 45.0. The molecule has 1 fully saturated rings. The van der Waals surface area contributed by atoms with E-state index in [1.807, 2.05) is 37.3 Å². The summed E-state index contributed by atoms with van der Waals surface area (Å²) in [6, 6.07) is 19.9. The van der Waals surface area contributed by atoms with Crippen LogP contribution in [0.4, 0.5) is 5.69 Å². The minimum Gasteiger partial charge on any atom is -0.339 e. The molecule has 11 nitrogen and oxygen atoms in total. The maximum absolute atomic E-state index is 13.1. The SMILES string of the molecule is CC1CN(C(=O)CCCSc2nnc3c4ccccc4n(Cc4ccc(Br)cc4)c3n2)CCN1C(=O)c1ccc([N+](=O)[O-])cc1Cl. The molecule has 1 atom stereocenters. The summed E-state index contributed by atoms with van der Waals surface area (Å²) in [7, 11) is 0. The first-order valence-corrected chi connectivity index (χ1v) is 16.9. The second-order valence-electron chi connectivity index (χ2n) is 11.1. The molecule has 0 spiro atoms. The number of piperazine rings is 1. The van der Waals surface area contributed by atoms with Gasteiger partial charge in [0.2, 0.25) is 11.1 Å². The van der Waals surface area contributed by atoms with E-state index in [-0.39, 0.29) is 34.1 Å². The van der Waals surface area contributed by atoms with Crippen LogP contribution in [0.15, 0.2) is 76.4 Å². The Morgan fingerprint density at radius 2 is 1.87 bits per heavy atom. The number of benzene rings is 3. The number of fused-ring (bicyclic) bond motifs is 3. The zero-order chi connectivity index (χ0) is 32.4. The van der Waals surface area contributed by atoms with Crippen LogP contribution in [-0.2, 0) is 11.3 Å². The normalized spacial score (nSPS) is 15.1. The van der Waals surface area contributed by atoms with Gasteiger partial charge < -0.3 is 14.4 Å². The second-order valence-corrected chi connectivity index (χ2v) is 13.4. The predicted octanol–water partition coefficient (Wildman–Crippen LogP) is 6.60. The quantitative estimate of drug-likeness (QED) is 0.0721. The Hall–Kier alpha value is -4.07. The van der Waals surface area contributed by atoms with Crippen LogP contribution in [0.1, 0.15) is 35.7 Å². The Bertz CT molecular complexity index is 1950. The molecule has 5 aromatic rings. The van der Waals surface area contributed by atoms with E-state index in [2.05, 4.69) is 48.9 Å². The summed E-state index contributed by atoms with van der Waals surface area (Å²) in [6.07, 6.45) is 1.00. The number of halogens is 2. The first-order valence-electron chi connectivity index (χ1n) is 14.7. The Morgan fingerprint density at radius 3 is 2.61 bits per heavy atom. The Labute approximate surface area is 282 Å². The highest BCUT2D eigenvalue weighted by molar-refractivity contribution is 9.10. The van der Waals surface area contributed by atoms with Crippen molar-refractivity contribution in [3.63, 3.8) is 0 Å². The lowest BCUT2D eigenvalue weighted by molar-refractivity contribution is -0.384. The minimum atomic E-state index is -0.555. The van der Waals surface area contributed by atoms with Gasteiger partial charge in [-0.15, -0.1) is 10.2 Å². The molecule has 1 saturated heterocycles. The number of nitrogens with zero attached hydrogens (tertiary/aromatic N) is 7. The smallest absolute Gasteiger partial charge is 0.270 e. The van der Waals surface area contributed by atoms with Crippen LogP contribution in [0, 0.1) is 10.1 Å². The number of hydrogen-bond acceptors (Lipinski definition) is 8. The molecule has 0 aliphatic carbocycles. The fraction of sp³-hybridized carbons (Fsp3) is 0.281. The Kier molecular flexibility index (Phi) is 9.52. The molecular weight excluding hydrogens is 694 g/mol. The molecular formula is C32H29BrClN7O4S. The Balaban J connectivity index is 1.05. The molecule has 0 N–H and O–H groups in total. The molecule has 14 heteroatoms. The highest BCUT2D eigenvalue weighted by atomic mass is 79.9. The number of para-hydroxylation sites is 1. The van der Waals surface area contributed by atoms with Crippen LogP contribution in [0.25, 0.3) is 22.1 Å². The minimum absolute atomic E-state index is 0.0250. The summed E-state index contributed by atoms with van der Waals surface area (Å²) in [6.45, 7) is 3.67. The number of hydrogen-bond donors (Lipinski definition) is 0. The monoisotopic (exact) mass is 721 g/mol. The van der Waals surface area contributed by atoms with Gasteiger partial charge in [0.05, 0.1) is 21.0 Å². The highest BCUT2D eigenvalue weighted by Gasteiger charge is 2.31. The van der Waals surface area contributed by atoms with Crippen molar-refractivity contribution >= 4 is 78.9 Å². The summed E-state index contributed by atoms with van der Waals surface area (Å²) in [5.74, 6) is 0.368. The van der Waals surface area contributed by atoms with Crippen molar-refractivity contribution in [1.82, 2.24) is 29.5 Å². The predicted molar refractivity (Wildman–Crippen MR) is 181 cm³/mol. The fourth-order valence-corrected chi connectivity index (χ4v) is 6.90. The molecule has 6 rings (SSSR count). The summed E-state index contributed by atoms with van der Waals surface area (Å²) < 4.78 is 3.19. The maximum Gasteiger partial charge on any atom is 0.270 e. The first kappa shape index (κ1) is 31.9. The first-order chi connectivity index (χ1) is 22.2. The van der Waals surface area contributed by atoms with Crippen LogP contribution < -0.4 is 0 Å². The van der Waals surface area contributed by atoms with Crippen molar-refractivity contribution in [2.45, 2.75) is 37.5 Å². The van der Waals surface area contributed by atoms with E-state index in [9.17, 15) is 19.7 Å². The van der Waals surface area contributed by atoms with Gasteiger partial charge in [0.1, 0.15) is 5.52 Å². The van der Waals surface area contributed by atoms with Crippen molar-refractivity contribution in [2.75, 3.05) is 25.4 Å². The van der Waals surface area contributed by atoms with E-state index >= 15 is 0 Å². The van der Waals surface area contributed by atoms with Crippen molar-refractivity contribution in [1.29, 1.82) is 0 Å². The third-order valence-electron chi connectivity index (χ3n) is 8.01. The number of aromatic nitrogens is 4. The van der Waals surface area contributed by atoms with Gasteiger partial charge in [-0.05, 0) is 43.2 Å².